The summed E-state index contributed by atoms with van der Waals surface area (Å²) in [6, 6.07) is 0. The average molecular weight is 220 g/mol. The summed E-state index contributed by atoms with van der Waals surface area (Å²) in [5.41, 5.74) is 0. The lowest BCUT2D eigenvalue weighted by atomic mass is 10.1. The minimum Gasteiger partial charge on any atom is -0.299 e. The Labute approximate surface area is 86.8 Å². The molecule has 0 amide bonds. The zero-order valence-electron chi connectivity index (χ0n) is 9.41. The van der Waals surface area contributed by atoms with E-state index in [1.807, 2.05) is 27.7 Å². The first-order chi connectivity index (χ1) is 6.23. The molecule has 0 aliphatic carbocycles. The topological polar surface area (TPSA) is 51.2 Å². The highest BCUT2D eigenvalue weighted by molar-refractivity contribution is 7.92. The molecular formula is C10H20O3S. The van der Waals surface area contributed by atoms with Crippen LogP contribution in [0.15, 0.2) is 0 Å². The normalized spacial score (nSPS) is 12.4. The number of carbonyl (C=O) groups excluding carboxylic acids is 1. The van der Waals surface area contributed by atoms with E-state index in [4.69, 9.17) is 0 Å². The Morgan fingerprint density at radius 3 is 1.93 bits per heavy atom. The first-order valence-electron chi connectivity index (χ1n) is 4.95. The lowest BCUT2D eigenvalue weighted by molar-refractivity contribution is -0.117. The van der Waals surface area contributed by atoms with Crippen LogP contribution in [0.4, 0.5) is 0 Å². The molecule has 0 saturated carbocycles. The van der Waals surface area contributed by atoms with Gasteiger partial charge in [-0.15, -0.1) is 0 Å². The van der Waals surface area contributed by atoms with Gasteiger partial charge < -0.3 is 0 Å². The zero-order chi connectivity index (χ0) is 11.4. The molecule has 0 spiro atoms. The highest BCUT2D eigenvalue weighted by Gasteiger charge is 2.18. The summed E-state index contributed by atoms with van der Waals surface area (Å²) < 4.78 is 22.8. The number of hydrogen-bond donors (Lipinski definition) is 0. The molecule has 0 bridgehead atoms. The summed E-state index contributed by atoms with van der Waals surface area (Å²) in [5.74, 6) is -0.0236. The summed E-state index contributed by atoms with van der Waals surface area (Å²) in [5, 5.41) is 0. The van der Waals surface area contributed by atoms with Crippen LogP contribution in [-0.2, 0) is 14.6 Å². The Bertz CT molecular complexity index is 276. The Balaban J connectivity index is 4.17. The molecule has 0 radical (unpaired) electrons. The molecule has 0 aliphatic heterocycles. The second-order valence-electron chi connectivity index (χ2n) is 4.59. The molecule has 0 heterocycles. The van der Waals surface area contributed by atoms with Crippen LogP contribution in [0.5, 0.6) is 0 Å². The van der Waals surface area contributed by atoms with E-state index in [1.165, 1.54) is 0 Å². The Hall–Kier alpha value is -0.380. The van der Waals surface area contributed by atoms with Crippen molar-refractivity contribution in [2.75, 3.05) is 11.5 Å². The van der Waals surface area contributed by atoms with Crippen molar-refractivity contribution in [3.63, 3.8) is 0 Å². The molecule has 0 aliphatic rings. The van der Waals surface area contributed by atoms with Crippen LogP contribution in [0.1, 0.15) is 34.1 Å². The fourth-order valence-electron chi connectivity index (χ4n) is 1.33. The van der Waals surface area contributed by atoms with Crippen molar-refractivity contribution in [1.82, 2.24) is 0 Å². The molecule has 0 atom stereocenters. The van der Waals surface area contributed by atoms with Gasteiger partial charge in [0.2, 0.25) is 0 Å². The summed E-state index contributed by atoms with van der Waals surface area (Å²) in [4.78, 5) is 11.3. The maximum atomic E-state index is 11.4. The third-order valence-corrected chi connectivity index (χ3v) is 3.54. The fraction of sp³-hybridized carbons (Fsp3) is 0.900. The molecular weight excluding hydrogens is 200 g/mol. The first-order valence-corrected chi connectivity index (χ1v) is 6.77. The number of ketones is 1. The summed E-state index contributed by atoms with van der Waals surface area (Å²) in [6.07, 6.45) is 0.358. The molecule has 0 aromatic heterocycles. The Morgan fingerprint density at radius 1 is 1.07 bits per heavy atom. The van der Waals surface area contributed by atoms with Gasteiger partial charge in [-0.1, -0.05) is 27.7 Å². The van der Waals surface area contributed by atoms with Crippen LogP contribution >= 0.6 is 0 Å². The van der Waals surface area contributed by atoms with E-state index in [-0.39, 0.29) is 29.1 Å². The molecule has 4 heteroatoms. The Kier molecular flexibility index (Phi) is 5.34. The monoisotopic (exact) mass is 220 g/mol. The van der Waals surface area contributed by atoms with Gasteiger partial charge in [-0.05, 0) is 11.8 Å². The molecule has 0 aromatic carbocycles. The van der Waals surface area contributed by atoms with E-state index < -0.39 is 9.84 Å². The molecule has 0 unspecified atom stereocenters. The van der Waals surface area contributed by atoms with E-state index in [0.717, 1.165) is 0 Å². The quantitative estimate of drug-likeness (QED) is 0.684. The SMILES string of the molecule is CC(C)CC(=O)CS(=O)(=O)CC(C)C. The standard InChI is InChI=1S/C10H20O3S/c1-8(2)5-10(11)7-14(12,13)6-9(3)4/h8-9H,5-7H2,1-4H3. The number of hydrogen-bond acceptors (Lipinski definition) is 3. The van der Waals surface area contributed by atoms with Crippen LogP contribution < -0.4 is 0 Å². The van der Waals surface area contributed by atoms with Crippen LogP contribution in [0, 0.1) is 11.8 Å². The number of Topliss-reactive ketones (excluding diaryl/α,β-unsaturated/α-hetero) is 1. The highest BCUT2D eigenvalue weighted by Crippen LogP contribution is 2.05. The molecule has 0 fully saturated rings. The Morgan fingerprint density at radius 2 is 1.57 bits per heavy atom. The van der Waals surface area contributed by atoms with E-state index in [1.54, 1.807) is 0 Å². The summed E-state index contributed by atoms with van der Waals surface area (Å²) in [6.45, 7) is 7.49. The highest BCUT2D eigenvalue weighted by atomic mass is 32.2. The van der Waals surface area contributed by atoms with Gasteiger partial charge in [0, 0.05) is 6.42 Å². The smallest absolute Gasteiger partial charge is 0.157 e. The van der Waals surface area contributed by atoms with Gasteiger partial charge in [-0.2, -0.15) is 0 Å². The zero-order valence-corrected chi connectivity index (χ0v) is 10.2. The molecule has 0 aromatic rings. The second kappa shape index (κ2) is 5.49. The van der Waals surface area contributed by atoms with Gasteiger partial charge in [0.05, 0.1) is 5.75 Å². The minimum absolute atomic E-state index is 0.0897. The lowest BCUT2D eigenvalue weighted by Gasteiger charge is -2.07. The van der Waals surface area contributed by atoms with Crippen molar-refractivity contribution in [2.24, 2.45) is 11.8 Å². The van der Waals surface area contributed by atoms with Crippen molar-refractivity contribution in [3.05, 3.63) is 0 Å². The maximum absolute atomic E-state index is 11.4. The van der Waals surface area contributed by atoms with Crippen LogP contribution in [0.2, 0.25) is 0 Å². The molecule has 3 nitrogen and oxygen atoms in total. The summed E-state index contributed by atoms with van der Waals surface area (Å²) >= 11 is 0. The lowest BCUT2D eigenvalue weighted by Crippen LogP contribution is -2.22. The van der Waals surface area contributed by atoms with Crippen molar-refractivity contribution >= 4 is 15.6 Å². The largest absolute Gasteiger partial charge is 0.299 e. The third-order valence-electron chi connectivity index (χ3n) is 1.60. The van der Waals surface area contributed by atoms with E-state index in [0.29, 0.717) is 6.42 Å². The van der Waals surface area contributed by atoms with Crippen molar-refractivity contribution in [3.8, 4) is 0 Å². The number of sulfone groups is 1. The summed E-state index contributed by atoms with van der Waals surface area (Å²) in [7, 11) is -3.18. The van der Waals surface area contributed by atoms with Gasteiger partial charge in [-0.3, -0.25) is 4.79 Å². The van der Waals surface area contributed by atoms with E-state index in [2.05, 4.69) is 0 Å². The minimum atomic E-state index is -3.18. The molecule has 14 heavy (non-hydrogen) atoms. The van der Waals surface area contributed by atoms with E-state index >= 15 is 0 Å². The van der Waals surface area contributed by atoms with Crippen molar-refractivity contribution in [2.45, 2.75) is 34.1 Å². The predicted octanol–water partition coefficient (Wildman–Crippen LogP) is 1.67. The second-order valence-corrected chi connectivity index (χ2v) is 6.69. The van der Waals surface area contributed by atoms with Gasteiger partial charge in [0.1, 0.15) is 11.5 Å². The number of rotatable bonds is 6. The third kappa shape index (κ3) is 7.06. The first kappa shape index (κ1) is 13.6. The van der Waals surface area contributed by atoms with Crippen molar-refractivity contribution in [1.29, 1.82) is 0 Å². The van der Waals surface area contributed by atoms with Gasteiger partial charge in [0.15, 0.2) is 9.84 Å². The van der Waals surface area contributed by atoms with E-state index in [9.17, 15) is 13.2 Å². The predicted molar refractivity (Wildman–Crippen MR) is 58.0 cm³/mol. The molecule has 0 N–H and O–H groups in total. The molecule has 0 saturated heterocycles. The average Bonchev–Trinajstić information content (AvgIpc) is 1.77. The van der Waals surface area contributed by atoms with Crippen LogP contribution in [0.3, 0.4) is 0 Å². The van der Waals surface area contributed by atoms with Gasteiger partial charge in [-0.25, -0.2) is 8.42 Å². The molecule has 84 valence electrons. The fourth-order valence-corrected chi connectivity index (χ4v) is 3.07. The number of carbonyl (C=O) groups is 1. The van der Waals surface area contributed by atoms with Crippen LogP contribution in [-0.4, -0.2) is 25.7 Å². The van der Waals surface area contributed by atoms with Crippen LogP contribution in [0.25, 0.3) is 0 Å². The maximum Gasteiger partial charge on any atom is 0.157 e. The van der Waals surface area contributed by atoms with Gasteiger partial charge in [0.25, 0.3) is 0 Å². The van der Waals surface area contributed by atoms with Gasteiger partial charge >= 0.3 is 0 Å². The van der Waals surface area contributed by atoms with Crippen molar-refractivity contribution < 1.29 is 13.2 Å². The molecule has 0 rings (SSSR count).